The van der Waals surface area contributed by atoms with Crippen LogP contribution in [0.4, 0.5) is 10.1 Å². The second kappa shape index (κ2) is 6.57. The van der Waals surface area contributed by atoms with Gasteiger partial charge in [-0.1, -0.05) is 18.2 Å². The van der Waals surface area contributed by atoms with Crippen molar-refractivity contribution >= 4 is 23.4 Å². The summed E-state index contributed by atoms with van der Waals surface area (Å²) in [6.07, 6.45) is 1.46. The summed E-state index contributed by atoms with van der Waals surface area (Å²) >= 11 is 1.78. The third-order valence-corrected chi connectivity index (χ3v) is 5.85. The van der Waals surface area contributed by atoms with E-state index in [9.17, 15) is 9.18 Å². The number of thioether (sulfide) groups is 1. The van der Waals surface area contributed by atoms with E-state index in [-0.39, 0.29) is 23.7 Å². The minimum Gasteiger partial charge on any atom is -0.326 e. The van der Waals surface area contributed by atoms with E-state index < -0.39 is 0 Å². The molecule has 2 aliphatic rings. The number of nitrogens with one attached hydrogen (secondary N) is 2. The fourth-order valence-electron chi connectivity index (χ4n) is 3.55. The van der Waals surface area contributed by atoms with Gasteiger partial charge in [-0.3, -0.25) is 4.79 Å². The minimum absolute atomic E-state index is 0.0612. The highest BCUT2D eigenvalue weighted by molar-refractivity contribution is 7.99. The van der Waals surface area contributed by atoms with Crippen LogP contribution in [0.5, 0.6) is 0 Å². The first kappa shape index (κ1) is 15.7. The van der Waals surface area contributed by atoms with Crippen LogP contribution in [0.2, 0.25) is 0 Å². The third-order valence-electron chi connectivity index (χ3n) is 4.73. The van der Waals surface area contributed by atoms with Crippen molar-refractivity contribution in [1.29, 1.82) is 0 Å². The minimum atomic E-state index is -0.189. The summed E-state index contributed by atoms with van der Waals surface area (Å²) in [7, 11) is 0. The first-order chi connectivity index (χ1) is 11.7. The highest BCUT2D eigenvalue weighted by atomic mass is 32.2. The van der Waals surface area contributed by atoms with Crippen LogP contribution in [0.1, 0.15) is 35.9 Å². The van der Waals surface area contributed by atoms with E-state index in [1.54, 1.807) is 17.8 Å². The average Bonchev–Trinajstić information content (AvgIpc) is 2.59. The van der Waals surface area contributed by atoms with Crippen molar-refractivity contribution in [2.24, 2.45) is 0 Å². The van der Waals surface area contributed by atoms with Gasteiger partial charge >= 0.3 is 0 Å². The Labute approximate surface area is 145 Å². The van der Waals surface area contributed by atoms with Crippen molar-refractivity contribution in [3.63, 3.8) is 0 Å². The SMILES string of the molecule is O=C1C[C@H](CN[C@H]2CCSc3ccc(F)cc32)c2ccccc2N1. The van der Waals surface area contributed by atoms with Crippen LogP contribution >= 0.6 is 11.8 Å². The number of benzene rings is 2. The standard InChI is InChI=1S/C19H19FN2OS/c20-13-5-6-18-15(10-13)16(7-8-24-18)21-11-12-9-19(23)22-17-4-2-1-3-14(12)17/h1-6,10,12,16,21H,7-9,11H2,(H,22,23)/t12-,16+/m1/s1. The van der Waals surface area contributed by atoms with E-state index in [1.807, 2.05) is 24.3 Å². The second-order valence-electron chi connectivity index (χ2n) is 6.32. The molecule has 3 nitrogen and oxygen atoms in total. The number of amides is 1. The Morgan fingerprint density at radius 1 is 1.21 bits per heavy atom. The number of hydrogen-bond donors (Lipinski definition) is 2. The number of rotatable bonds is 3. The van der Waals surface area contributed by atoms with Gasteiger partial charge in [0.15, 0.2) is 0 Å². The summed E-state index contributed by atoms with van der Waals surface area (Å²) in [6, 6.07) is 13.1. The van der Waals surface area contributed by atoms with Crippen molar-refractivity contribution < 1.29 is 9.18 Å². The van der Waals surface area contributed by atoms with Gasteiger partial charge in [-0.25, -0.2) is 4.39 Å². The maximum absolute atomic E-state index is 13.6. The van der Waals surface area contributed by atoms with Crippen molar-refractivity contribution in [2.75, 3.05) is 17.6 Å². The molecule has 2 aromatic rings. The number of fused-ring (bicyclic) bond motifs is 2. The average molecular weight is 342 g/mol. The summed E-state index contributed by atoms with van der Waals surface area (Å²) in [6.45, 7) is 0.718. The van der Waals surface area contributed by atoms with E-state index >= 15 is 0 Å². The van der Waals surface area contributed by atoms with Crippen LogP contribution in [0, 0.1) is 5.82 Å². The van der Waals surface area contributed by atoms with E-state index in [2.05, 4.69) is 16.7 Å². The number of anilines is 1. The predicted octanol–water partition coefficient (Wildman–Crippen LogP) is 4.08. The zero-order valence-electron chi connectivity index (χ0n) is 13.2. The van der Waals surface area contributed by atoms with Gasteiger partial charge in [0.25, 0.3) is 0 Å². The van der Waals surface area contributed by atoms with Crippen LogP contribution in [-0.4, -0.2) is 18.2 Å². The van der Waals surface area contributed by atoms with Crippen molar-refractivity contribution in [2.45, 2.75) is 29.7 Å². The number of hydrogen-bond acceptors (Lipinski definition) is 3. The molecule has 0 spiro atoms. The van der Waals surface area contributed by atoms with E-state index in [0.717, 1.165) is 34.9 Å². The lowest BCUT2D eigenvalue weighted by atomic mass is 9.90. The molecule has 2 aliphatic heterocycles. The highest BCUT2D eigenvalue weighted by Crippen LogP contribution is 2.37. The quantitative estimate of drug-likeness (QED) is 0.883. The molecule has 0 bridgehead atoms. The summed E-state index contributed by atoms with van der Waals surface area (Å²) < 4.78 is 13.6. The first-order valence-electron chi connectivity index (χ1n) is 8.25. The summed E-state index contributed by atoms with van der Waals surface area (Å²) in [5, 5.41) is 6.51. The zero-order chi connectivity index (χ0) is 16.5. The molecule has 2 aromatic carbocycles. The van der Waals surface area contributed by atoms with Gasteiger partial charge in [0.05, 0.1) is 0 Å². The second-order valence-corrected chi connectivity index (χ2v) is 7.45. The van der Waals surface area contributed by atoms with Crippen molar-refractivity contribution in [1.82, 2.24) is 5.32 Å². The molecule has 0 saturated carbocycles. The summed E-state index contributed by atoms with van der Waals surface area (Å²) in [5.41, 5.74) is 3.13. The molecule has 0 unspecified atom stereocenters. The summed E-state index contributed by atoms with van der Waals surface area (Å²) in [5.74, 6) is 1.05. The molecular formula is C19H19FN2OS. The van der Waals surface area contributed by atoms with Gasteiger partial charge < -0.3 is 10.6 Å². The smallest absolute Gasteiger partial charge is 0.225 e. The first-order valence-corrected chi connectivity index (χ1v) is 9.23. The van der Waals surface area contributed by atoms with Gasteiger partial charge in [0.1, 0.15) is 5.82 Å². The van der Waals surface area contributed by atoms with Crippen LogP contribution < -0.4 is 10.6 Å². The van der Waals surface area contributed by atoms with Crippen LogP contribution in [-0.2, 0) is 4.79 Å². The summed E-state index contributed by atoms with van der Waals surface area (Å²) in [4.78, 5) is 13.1. The molecule has 4 rings (SSSR count). The maximum atomic E-state index is 13.6. The fourth-order valence-corrected chi connectivity index (χ4v) is 4.65. The Morgan fingerprint density at radius 2 is 2.08 bits per heavy atom. The molecular weight excluding hydrogens is 323 g/mol. The van der Waals surface area contributed by atoms with Crippen LogP contribution in [0.15, 0.2) is 47.4 Å². The molecule has 5 heteroatoms. The molecule has 124 valence electrons. The monoisotopic (exact) mass is 342 g/mol. The molecule has 0 aliphatic carbocycles. The normalized spacial score (nSPS) is 22.5. The van der Waals surface area contributed by atoms with Gasteiger partial charge in [-0.15, -0.1) is 11.8 Å². The number of carbonyl (C=O) groups excluding carboxylic acids is 1. The Kier molecular flexibility index (Phi) is 4.29. The number of para-hydroxylation sites is 1. The molecule has 2 heterocycles. The van der Waals surface area contributed by atoms with Crippen molar-refractivity contribution in [3.05, 3.63) is 59.4 Å². The zero-order valence-corrected chi connectivity index (χ0v) is 14.0. The molecule has 2 N–H and O–H groups in total. The highest BCUT2D eigenvalue weighted by Gasteiger charge is 2.27. The largest absolute Gasteiger partial charge is 0.326 e. The predicted molar refractivity (Wildman–Crippen MR) is 94.9 cm³/mol. The lowest BCUT2D eigenvalue weighted by Crippen LogP contribution is -2.33. The fraction of sp³-hybridized carbons (Fsp3) is 0.316. The molecule has 1 amide bonds. The maximum Gasteiger partial charge on any atom is 0.225 e. The lowest BCUT2D eigenvalue weighted by Gasteiger charge is -2.30. The molecule has 0 aromatic heterocycles. The van der Waals surface area contributed by atoms with E-state index in [0.29, 0.717) is 6.42 Å². The number of halogens is 1. The molecule has 0 fully saturated rings. The van der Waals surface area contributed by atoms with Crippen LogP contribution in [0.3, 0.4) is 0 Å². The molecule has 2 atom stereocenters. The Bertz CT molecular complexity index is 780. The molecule has 24 heavy (non-hydrogen) atoms. The Morgan fingerprint density at radius 3 is 3.00 bits per heavy atom. The molecule has 0 radical (unpaired) electrons. The van der Waals surface area contributed by atoms with Gasteiger partial charge in [-0.05, 0) is 47.6 Å². The van der Waals surface area contributed by atoms with E-state index in [4.69, 9.17) is 0 Å². The third kappa shape index (κ3) is 3.06. The van der Waals surface area contributed by atoms with Gasteiger partial charge in [0, 0.05) is 35.5 Å². The van der Waals surface area contributed by atoms with Gasteiger partial charge in [0.2, 0.25) is 5.91 Å². The van der Waals surface area contributed by atoms with E-state index in [1.165, 1.54) is 11.6 Å². The van der Waals surface area contributed by atoms with Crippen LogP contribution in [0.25, 0.3) is 0 Å². The number of carbonyl (C=O) groups is 1. The lowest BCUT2D eigenvalue weighted by molar-refractivity contribution is -0.116. The molecule has 0 saturated heterocycles. The Hall–Kier alpha value is -1.85. The topological polar surface area (TPSA) is 41.1 Å². The van der Waals surface area contributed by atoms with Gasteiger partial charge in [-0.2, -0.15) is 0 Å². The van der Waals surface area contributed by atoms with Crippen molar-refractivity contribution in [3.8, 4) is 0 Å². The Balaban J connectivity index is 1.52.